The van der Waals surface area contributed by atoms with Crippen molar-refractivity contribution in [2.75, 3.05) is 36.4 Å². The van der Waals surface area contributed by atoms with E-state index < -0.39 is 0 Å². The first-order chi connectivity index (χ1) is 15.6. The van der Waals surface area contributed by atoms with Crippen LogP contribution in [0.25, 0.3) is 10.9 Å². The first-order valence-electron chi connectivity index (χ1n) is 11.4. The van der Waals surface area contributed by atoms with Crippen LogP contribution in [-0.2, 0) is 4.79 Å². The Bertz CT molecular complexity index is 1120. The van der Waals surface area contributed by atoms with E-state index in [1.165, 1.54) is 12.8 Å². The van der Waals surface area contributed by atoms with E-state index >= 15 is 0 Å². The quantitative estimate of drug-likeness (QED) is 0.637. The third kappa shape index (κ3) is 4.07. The molecule has 0 unspecified atom stereocenters. The van der Waals surface area contributed by atoms with Gasteiger partial charge in [0.15, 0.2) is 0 Å². The highest BCUT2D eigenvalue weighted by atomic mass is 16.3. The van der Waals surface area contributed by atoms with Crippen molar-refractivity contribution in [1.82, 2.24) is 14.9 Å². The minimum Gasteiger partial charge on any atom is -0.508 e. The Kier molecular flexibility index (Phi) is 5.55. The van der Waals surface area contributed by atoms with Gasteiger partial charge < -0.3 is 20.2 Å². The molecule has 5 rings (SSSR count). The van der Waals surface area contributed by atoms with Gasteiger partial charge in [-0.3, -0.25) is 4.79 Å². The Hall–Kier alpha value is -3.35. The van der Waals surface area contributed by atoms with Crippen LogP contribution in [0.2, 0.25) is 0 Å². The summed E-state index contributed by atoms with van der Waals surface area (Å²) >= 11 is 0. The molecule has 1 saturated heterocycles. The SMILES string of the molecule is CC(=O)N1CCN(c2ccc(Nc3ncc4ccc(O)c(C5CCCC5)c4n3)cc2)CC1. The minimum absolute atomic E-state index is 0.143. The van der Waals surface area contributed by atoms with Crippen molar-refractivity contribution in [3.8, 4) is 5.75 Å². The highest BCUT2D eigenvalue weighted by molar-refractivity contribution is 5.85. The Morgan fingerprint density at radius 2 is 1.75 bits per heavy atom. The Morgan fingerprint density at radius 1 is 1.03 bits per heavy atom. The summed E-state index contributed by atoms with van der Waals surface area (Å²) in [6.45, 7) is 4.83. The predicted octanol–water partition coefficient (Wildman–Crippen LogP) is 4.41. The molecule has 7 nitrogen and oxygen atoms in total. The fourth-order valence-electron chi connectivity index (χ4n) is 4.95. The van der Waals surface area contributed by atoms with Crippen molar-refractivity contribution in [1.29, 1.82) is 0 Å². The lowest BCUT2D eigenvalue weighted by atomic mass is 9.94. The number of amides is 1. The number of nitrogens with zero attached hydrogens (tertiary/aromatic N) is 4. The minimum atomic E-state index is 0.143. The normalized spacial score (nSPS) is 17.2. The zero-order valence-electron chi connectivity index (χ0n) is 18.4. The maximum atomic E-state index is 11.5. The van der Waals surface area contributed by atoms with Gasteiger partial charge in [0.1, 0.15) is 5.75 Å². The summed E-state index contributed by atoms with van der Waals surface area (Å²) in [6.07, 6.45) is 6.42. The summed E-state index contributed by atoms with van der Waals surface area (Å²) in [7, 11) is 0. The van der Waals surface area contributed by atoms with Gasteiger partial charge in [0.2, 0.25) is 11.9 Å². The van der Waals surface area contributed by atoms with E-state index in [0.29, 0.717) is 17.6 Å². The number of benzene rings is 2. The molecule has 1 saturated carbocycles. The van der Waals surface area contributed by atoms with Gasteiger partial charge in [-0.25, -0.2) is 9.97 Å². The number of hydrogen-bond acceptors (Lipinski definition) is 6. The van der Waals surface area contributed by atoms with E-state index in [1.807, 2.05) is 29.3 Å². The molecule has 2 heterocycles. The van der Waals surface area contributed by atoms with E-state index in [2.05, 4.69) is 27.3 Å². The smallest absolute Gasteiger partial charge is 0.227 e. The van der Waals surface area contributed by atoms with Crippen molar-refractivity contribution in [3.05, 3.63) is 48.2 Å². The van der Waals surface area contributed by atoms with E-state index in [-0.39, 0.29) is 5.91 Å². The van der Waals surface area contributed by atoms with Gasteiger partial charge in [-0.1, -0.05) is 12.8 Å². The first kappa shape index (κ1) is 20.5. The molecule has 0 bridgehead atoms. The Balaban J connectivity index is 1.33. The van der Waals surface area contributed by atoms with Gasteiger partial charge in [0.05, 0.1) is 5.52 Å². The molecule has 166 valence electrons. The number of piperazine rings is 1. The number of rotatable bonds is 4. The summed E-state index contributed by atoms with van der Waals surface area (Å²) < 4.78 is 0. The monoisotopic (exact) mass is 431 g/mol. The number of aromatic hydroxyl groups is 1. The Labute approximate surface area is 188 Å². The molecule has 1 amide bonds. The van der Waals surface area contributed by atoms with Crippen LogP contribution in [0.15, 0.2) is 42.6 Å². The van der Waals surface area contributed by atoms with Crippen LogP contribution >= 0.6 is 0 Å². The second-order valence-electron chi connectivity index (χ2n) is 8.78. The van der Waals surface area contributed by atoms with E-state index in [4.69, 9.17) is 4.98 Å². The van der Waals surface area contributed by atoms with Crippen molar-refractivity contribution in [2.24, 2.45) is 0 Å². The third-order valence-corrected chi connectivity index (χ3v) is 6.75. The standard InChI is InChI=1S/C25H29N5O2/c1-17(31)29-12-14-30(15-13-29)21-9-7-20(8-10-21)27-25-26-16-19-6-11-22(32)23(24(19)28-25)18-4-2-3-5-18/h6-11,16,18,32H,2-5,12-15H2,1H3,(H,26,27,28). The van der Waals surface area contributed by atoms with Crippen molar-refractivity contribution < 1.29 is 9.90 Å². The van der Waals surface area contributed by atoms with E-state index in [1.54, 1.807) is 13.0 Å². The molecule has 0 radical (unpaired) electrons. The fourth-order valence-corrected chi connectivity index (χ4v) is 4.95. The molecule has 1 aliphatic heterocycles. The molecular formula is C25H29N5O2. The molecule has 2 fully saturated rings. The molecule has 2 aliphatic rings. The van der Waals surface area contributed by atoms with E-state index in [0.717, 1.165) is 66.9 Å². The number of carbonyl (C=O) groups is 1. The van der Waals surface area contributed by atoms with Crippen LogP contribution in [0, 0.1) is 0 Å². The van der Waals surface area contributed by atoms with Crippen LogP contribution in [0.3, 0.4) is 0 Å². The maximum absolute atomic E-state index is 11.5. The second-order valence-corrected chi connectivity index (χ2v) is 8.78. The van der Waals surface area contributed by atoms with Gasteiger partial charge >= 0.3 is 0 Å². The van der Waals surface area contributed by atoms with Gasteiger partial charge in [-0.2, -0.15) is 0 Å². The molecule has 0 atom stereocenters. The number of phenols is 1. The highest BCUT2D eigenvalue weighted by Gasteiger charge is 2.23. The number of phenolic OH excluding ortho intramolecular Hbond substituents is 1. The highest BCUT2D eigenvalue weighted by Crippen LogP contribution is 2.41. The summed E-state index contributed by atoms with van der Waals surface area (Å²) in [5, 5.41) is 14.8. The number of anilines is 3. The van der Waals surface area contributed by atoms with Gasteiger partial charge in [-0.05, 0) is 55.2 Å². The first-order valence-corrected chi connectivity index (χ1v) is 11.4. The topological polar surface area (TPSA) is 81.6 Å². The summed E-state index contributed by atoms with van der Waals surface area (Å²) in [6, 6.07) is 11.9. The molecule has 1 aromatic heterocycles. The average molecular weight is 432 g/mol. The summed E-state index contributed by atoms with van der Waals surface area (Å²) in [5.41, 5.74) is 3.87. The van der Waals surface area contributed by atoms with Crippen LogP contribution in [0.5, 0.6) is 5.75 Å². The molecule has 2 N–H and O–H groups in total. The summed E-state index contributed by atoms with van der Waals surface area (Å²) in [4.78, 5) is 25.0. The van der Waals surface area contributed by atoms with Crippen LogP contribution < -0.4 is 10.2 Å². The third-order valence-electron chi connectivity index (χ3n) is 6.75. The van der Waals surface area contributed by atoms with Crippen molar-refractivity contribution >= 4 is 34.1 Å². The molecule has 0 spiro atoms. The second kappa shape index (κ2) is 8.65. The zero-order valence-corrected chi connectivity index (χ0v) is 18.4. The van der Waals surface area contributed by atoms with Gasteiger partial charge in [0.25, 0.3) is 0 Å². The number of fused-ring (bicyclic) bond motifs is 1. The van der Waals surface area contributed by atoms with Crippen LogP contribution in [-0.4, -0.2) is 52.1 Å². The van der Waals surface area contributed by atoms with Crippen LogP contribution in [0.4, 0.5) is 17.3 Å². The lowest BCUT2D eigenvalue weighted by molar-refractivity contribution is -0.129. The Morgan fingerprint density at radius 3 is 2.44 bits per heavy atom. The number of hydrogen-bond donors (Lipinski definition) is 2. The largest absolute Gasteiger partial charge is 0.508 e. The maximum Gasteiger partial charge on any atom is 0.227 e. The number of nitrogens with one attached hydrogen (secondary N) is 1. The average Bonchev–Trinajstić information content (AvgIpc) is 3.34. The fraction of sp³-hybridized carbons (Fsp3) is 0.400. The number of carbonyl (C=O) groups excluding carboxylic acids is 1. The molecule has 7 heteroatoms. The van der Waals surface area contributed by atoms with E-state index in [9.17, 15) is 9.90 Å². The molecule has 2 aromatic carbocycles. The molecular weight excluding hydrogens is 402 g/mol. The molecule has 3 aromatic rings. The summed E-state index contributed by atoms with van der Waals surface area (Å²) in [5.74, 6) is 1.38. The number of aromatic nitrogens is 2. The molecule has 32 heavy (non-hydrogen) atoms. The van der Waals surface area contributed by atoms with Gasteiger partial charge in [0, 0.05) is 61.6 Å². The van der Waals surface area contributed by atoms with Crippen molar-refractivity contribution in [3.63, 3.8) is 0 Å². The lowest BCUT2D eigenvalue weighted by Crippen LogP contribution is -2.48. The molecule has 1 aliphatic carbocycles. The van der Waals surface area contributed by atoms with Crippen molar-refractivity contribution in [2.45, 2.75) is 38.5 Å². The van der Waals surface area contributed by atoms with Gasteiger partial charge in [-0.15, -0.1) is 0 Å². The lowest BCUT2D eigenvalue weighted by Gasteiger charge is -2.35. The predicted molar refractivity (Wildman–Crippen MR) is 127 cm³/mol. The zero-order chi connectivity index (χ0) is 22.1. The van der Waals surface area contributed by atoms with Crippen LogP contribution in [0.1, 0.15) is 44.1 Å².